The van der Waals surface area contributed by atoms with Crippen LogP contribution in [-0.2, 0) is 13.0 Å². The lowest BCUT2D eigenvalue weighted by molar-refractivity contribution is 0.0949. The summed E-state index contributed by atoms with van der Waals surface area (Å²) in [5, 5.41) is 2.89. The molecule has 6 nitrogen and oxygen atoms in total. The predicted molar refractivity (Wildman–Crippen MR) is 93.5 cm³/mol. The van der Waals surface area contributed by atoms with E-state index in [1.807, 2.05) is 0 Å². The van der Waals surface area contributed by atoms with Gasteiger partial charge in [0.05, 0.1) is 0 Å². The Bertz CT molecular complexity index is 765. The molecule has 1 N–H and O–H groups in total. The van der Waals surface area contributed by atoms with Gasteiger partial charge in [0.1, 0.15) is 11.4 Å². The minimum atomic E-state index is -0.371. The third kappa shape index (κ3) is 3.12. The van der Waals surface area contributed by atoms with Gasteiger partial charge in [0, 0.05) is 44.2 Å². The number of rotatable bonds is 5. The van der Waals surface area contributed by atoms with Gasteiger partial charge in [0.15, 0.2) is 0 Å². The molecule has 0 aromatic carbocycles. The number of nitrogens with zero attached hydrogens (tertiary/aromatic N) is 3. The van der Waals surface area contributed by atoms with Gasteiger partial charge < -0.3 is 14.8 Å². The summed E-state index contributed by atoms with van der Waals surface area (Å²) in [5.74, 6) is 2.12. The van der Waals surface area contributed by atoms with Crippen LogP contribution in [0.25, 0.3) is 0 Å². The lowest BCUT2D eigenvalue weighted by Gasteiger charge is -2.22. The highest BCUT2D eigenvalue weighted by molar-refractivity contribution is 5.93. The average molecular weight is 342 g/mol. The molecule has 0 unspecified atom stereocenters. The fraction of sp³-hybridized carbons (Fsp3) is 0.737. The van der Waals surface area contributed by atoms with Crippen molar-refractivity contribution in [3.63, 3.8) is 0 Å². The molecule has 2 saturated carbocycles. The summed E-state index contributed by atoms with van der Waals surface area (Å²) in [5.41, 5.74) is 0.0449. The summed E-state index contributed by atoms with van der Waals surface area (Å²) in [7, 11) is 0. The number of aromatic nitrogens is 2. The number of amides is 1. The first kappa shape index (κ1) is 15.6. The molecule has 4 aliphatic rings. The Balaban J connectivity index is 1.30. The SMILES string of the molecule is O=C(NCC1CC1)c1cn2c(nc1=O)C[C@]1(CCN(CC3CC3)C1)C2. The van der Waals surface area contributed by atoms with E-state index in [2.05, 4.69) is 19.8 Å². The van der Waals surface area contributed by atoms with E-state index in [1.165, 1.54) is 38.6 Å². The minimum Gasteiger partial charge on any atom is -0.352 e. The van der Waals surface area contributed by atoms with E-state index in [0.717, 1.165) is 37.8 Å². The van der Waals surface area contributed by atoms with E-state index in [9.17, 15) is 9.59 Å². The molecule has 1 spiro atoms. The average Bonchev–Trinajstić information content (AvgIpc) is 3.49. The molecule has 1 aromatic rings. The molecule has 1 atom stereocenters. The molecule has 6 heteroatoms. The molecule has 0 bridgehead atoms. The first-order valence-electron chi connectivity index (χ1n) is 9.71. The van der Waals surface area contributed by atoms with Crippen molar-refractivity contribution in [1.82, 2.24) is 19.8 Å². The van der Waals surface area contributed by atoms with Crippen LogP contribution in [0.2, 0.25) is 0 Å². The Labute approximate surface area is 147 Å². The van der Waals surface area contributed by atoms with Gasteiger partial charge in [-0.15, -0.1) is 0 Å². The van der Waals surface area contributed by atoms with Crippen LogP contribution in [0.3, 0.4) is 0 Å². The number of hydrogen-bond donors (Lipinski definition) is 1. The second kappa shape index (κ2) is 5.66. The summed E-state index contributed by atoms with van der Waals surface area (Å²) in [6.45, 7) is 5.06. The number of carbonyl (C=O) groups excluding carboxylic acids is 1. The molecule has 1 aromatic heterocycles. The number of carbonyl (C=O) groups is 1. The number of likely N-dealkylation sites (tertiary alicyclic amines) is 1. The topological polar surface area (TPSA) is 67.2 Å². The Morgan fingerprint density at radius 1 is 1.24 bits per heavy atom. The van der Waals surface area contributed by atoms with Crippen molar-refractivity contribution in [3.05, 3.63) is 27.9 Å². The molecule has 134 valence electrons. The summed E-state index contributed by atoms with van der Waals surface area (Å²) < 4.78 is 2.06. The minimum absolute atomic E-state index is 0.203. The normalized spacial score (nSPS) is 28.5. The van der Waals surface area contributed by atoms with Crippen molar-refractivity contribution in [2.45, 2.75) is 45.1 Å². The monoisotopic (exact) mass is 342 g/mol. The standard InChI is InChI=1S/C19H26N4O2/c24-17(20-8-13-1-2-13)15-10-23-12-19(7-16(23)21-18(15)25)5-6-22(11-19)9-14-3-4-14/h10,13-14H,1-9,11-12H2,(H,20,24)/t19-/m0/s1. The van der Waals surface area contributed by atoms with Gasteiger partial charge in [-0.05, 0) is 50.5 Å². The number of nitrogens with one attached hydrogen (secondary N) is 1. The summed E-state index contributed by atoms with van der Waals surface area (Å²) in [6, 6.07) is 0. The highest BCUT2D eigenvalue weighted by atomic mass is 16.2. The molecular weight excluding hydrogens is 316 g/mol. The van der Waals surface area contributed by atoms with Crippen molar-refractivity contribution in [1.29, 1.82) is 0 Å². The van der Waals surface area contributed by atoms with Crippen molar-refractivity contribution in [3.8, 4) is 0 Å². The van der Waals surface area contributed by atoms with Crippen molar-refractivity contribution in [2.75, 3.05) is 26.2 Å². The maximum absolute atomic E-state index is 12.3. The maximum atomic E-state index is 12.3. The van der Waals surface area contributed by atoms with Crippen molar-refractivity contribution >= 4 is 5.91 Å². The van der Waals surface area contributed by atoms with E-state index in [0.29, 0.717) is 12.5 Å². The second-order valence-corrected chi connectivity index (χ2v) is 8.76. The Kier molecular flexibility index (Phi) is 3.52. The zero-order valence-electron chi connectivity index (χ0n) is 14.7. The van der Waals surface area contributed by atoms with Crippen LogP contribution in [0, 0.1) is 17.3 Å². The molecule has 1 amide bonds. The fourth-order valence-corrected chi connectivity index (χ4v) is 4.49. The zero-order chi connectivity index (χ0) is 17.0. The Morgan fingerprint density at radius 3 is 2.80 bits per heavy atom. The van der Waals surface area contributed by atoms with Crippen LogP contribution in [-0.4, -0.2) is 46.5 Å². The summed E-state index contributed by atoms with van der Waals surface area (Å²) in [6.07, 6.45) is 8.93. The fourth-order valence-electron chi connectivity index (χ4n) is 4.49. The van der Waals surface area contributed by atoms with E-state index in [4.69, 9.17) is 0 Å². The molecule has 2 aliphatic carbocycles. The molecule has 25 heavy (non-hydrogen) atoms. The first-order chi connectivity index (χ1) is 12.1. The number of hydrogen-bond acceptors (Lipinski definition) is 4. The largest absolute Gasteiger partial charge is 0.352 e. The van der Waals surface area contributed by atoms with Crippen LogP contribution in [0.4, 0.5) is 0 Å². The van der Waals surface area contributed by atoms with Crippen LogP contribution < -0.4 is 10.9 Å². The lowest BCUT2D eigenvalue weighted by atomic mass is 9.86. The van der Waals surface area contributed by atoms with Crippen molar-refractivity contribution < 1.29 is 4.79 Å². The van der Waals surface area contributed by atoms with Gasteiger partial charge in [-0.2, -0.15) is 4.98 Å². The quantitative estimate of drug-likeness (QED) is 0.868. The highest BCUT2D eigenvalue weighted by Gasteiger charge is 2.44. The van der Waals surface area contributed by atoms with Gasteiger partial charge >= 0.3 is 0 Å². The zero-order valence-corrected chi connectivity index (χ0v) is 14.7. The van der Waals surface area contributed by atoms with E-state index in [1.54, 1.807) is 6.20 Å². The van der Waals surface area contributed by atoms with Crippen LogP contribution >= 0.6 is 0 Å². The second-order valence-electron chi connectivity index (χ2n) is 8.76. The summed E-state index contributed by atoms with van der Waals surface area (Å²) in [4.78, 5) is 31.5. The third-order valence-electron chi connectivity index (χ3n) is 6.34. The van der Waals surface area contributed by atoms with E-state index < -0.39 is 0 Å². The van der Waals surface area contributed by atoms with Gasteiger partial charge in [-0.1, -0.05) is 0 Å². The molecular formula is C19H26N4O2. The number of fused-ring (bicyclic) bond motifs is 1. The molecule has 2 aliphatic heterocycles. The van der Waals surface area contributed by atoms with Crippen molar-refractivity contribution in [2.24, 2.45) is 17.3 Å². The van der Waals surface area contributed by atoms with Gasteiger partial charge in [0.2, 0.25) is 0 Å². The van der Waals surface area contributed by atoms with E-state index in [-0.39, 0.29) is 22.4 Å². The molecule has 3 heterocycles. The molecule has 1 saturated heterocycles. The molecule has 5 rings (SSSR count). The maximum Gasteiger partial charge on any atom is 0.285 e. The van der Waals surface area contributed by atoms with Crippen LogP contribution in [0.5, 0.6) is 0 Å². The highest BCUT2D eigenvalue weighted by Crippen LogP contribution is 2.41. The van der Waals surface area contributed by atoms with Crippen LogP contribution in [0.1, 0.15) is 48.3 Å². The van der Waals surface area contributed by atoms with Gasteiger partial charge in [0.25, 0.3) is 11.5 Å². The van der Waals surface area contributed by atoms with Gasteiger partial charge in [-0.3, -0.25) is 9.59 Å². The summed E-state index contributed by atoms with van der Waals surface area (Å²) >= 11 is 0. The van der Waals surface area contributed by atoms with Crippen LogP contribution in [0.15, 0.2) is 11.0 Å². The third-order valence-corrected chi connectivity index (χ3v) is 6.34. The van der Waals surface area contributed by atoms with E-state index >= 15 is 0 Å². The first-order valence-corrected chi connectivity index (χ1v) is 9.71. The molecule has 0 radical (unpaired) electrons. The van der Waals surface area contributed by atoms with Gasteiger partial charge in [-0.25, -0.2) is 0 Å². The smallest absolute Gasteiger partial charge is 0.285 e. The Hall–Kier alpha value is -1.69. The lowest BCUT2D eigenvalue weighted by Crippen LogP contribution is -2.32. The predicted octanol–water partition coefficient (Wildman–Crippen LogP) is 1.04. The molecule has 3 fully saturated rings. The Morgan fingerprint density at radius 2 is 2.04 bits per heavy atom.